The maximum atomic E-state index is 12.5. The van der Waals surface area contributed by atoms with Gasteiger partial charge >= 0.3 is 5.97 Å². The van der Waals surface area contributed by atoms with E-state index < -0.39 is 17.7 Å². The normalized spacial score (nSPS) is 13.8. The lowest BCUT2D eigenvalue weighted by Gasteiger charge is -2.30. The highest BCUT2D eigenvalue weighted by atomic mass is 79.9. The summed E-state index contributed by atoms with van der Waals surface area (Å²) in [5.74, 6) is -0.554. The predicted molar refractivity (Wildman–Crippen MR) is 126 cm³/mol. The highest BCUT2D eigenvalue weighted by Gasteiger charge is 2.33. The third-order valence-corrected chi connectivity index (χ3v) is 5.14. The van der Waals surface area contributed by atoms with Crippen LogP contribution in [-0.4, -0.2) is 43.0 Å². The van der Waals surface area contributed by atoms with Gasteiger partial charge in [-0.2, -0.15) is 0 Å². The molecule has 0 saturated carbocycles. The van der Waals surface area contributed by atoms with Crippen molar-refractivity contribution in [3.8, 4) is 0 Å². The number of nitrogens with zero attached hydrogens (tertiary/aromatic N) is 1. The second-order valence-electron chi connectivity index (χ2n) is 7.59. The van der Waals surface area contributed by atoms with Gasteiger partial charge in [-0.05, 0) is 61.7 Å². The van der Waals surface area contributed by atoms with Gasteiger partial charge in [-0.3, -0.25) is 4.79 Å². The van der Waals surface area contributed by atoms with Gasteiger partial charge in [0.25, 0.3) is 0 Å². The highest BCUT2D eigenvalue weighted by molar-refractivity contribution is 9.12. The molecule has 1 aromatic rings. The number of benzene rings is 1. The fraction of sp³-hybridized carbons (Fsp3) is 0.500. The minimum absolute atomic E-state index is 0.402. The van der Waals surface area contributed by atoms with Crippen molar-refractivity contribution >= 4 is 28.2 Å². The molecule has 0 N–H and O–H groups in total. The molecule has 1 unspecified atom stereocenters. The molecule has 0 radical (unpaired) electrons. The van der Waals surface area contributed by atoms with Crippen LogP contribution in [0.4, 0.5) is 0 Å². The number of halogens is 1. The first-order valence-corrected chi connectivity index (χ1v) is 10.8. The van der Waals surface area contributed by atoms with Gasteiger partial charge in [-0.25, -0.2) is 4.79 Å². The van der Waals surface area contributed by atoms with E-state index in [1.165, 1.54) is 7.11 Å². The second kappa shape index (κ2) is 13.4. The number of hydrogen-bond donors (Lipinski definition) is 0. The van der Waals surface area contributed by atoms with E-state index in [9.17, 15) is 9.59 Å². The Bertz CT molecular complexity index is 748. The number of rotatable bonds is 8. The van der Waals surface area contributed by atoms with Crippen LogP contribution in [0.1, 0.15) is 54.0 Å². The lowest BCUT2D eigenvalue weighted by atomic mass is 10.0. The molecule has 0 aliphatic heterocycles. The summed E-state index contributed by atoms with van der Waals surface area (Å²) in [5, 5.41) is 0. The first-order chi connectivity index (χ1) is 14.0. The van der Waals surface area contributed by atoms with E-state index in [2.05, 4.69) is 15.9 Å². The van der Waals surface area contributed by atoms with E-state index in [4.69, 9.17) is 9.47 Å². The number of ether oxygens (including phenoxy) is 2. The average molecular weight is 482 g/mol. The molecule has 1 atom stereocenters. The fourth-order valence-electron chi connectivity index (χ4n) is 2.58. The third kappa shape index (κ3) is 8.84. The summed E-state index contributed by atoms with van der Waals surface area (Å²) < 4.78 is 11.6. The molecule has 1 aromatic carbocycles. The average Bonchev–Trinajstić information content (AvgIpc) is 2.72. The summed E-state index contributed by atoms with van der Waals surface area (Å²) in [7, 11) is 3.26. The Labute approximate surface area is 190 Å². The van der Waals surface area contributed by atoms with Gasteiger partial charge in [0, 0.05) is 29.3 Å². The van der Waals surface area contributed by atoms with Crippen LogP contribution in [-0.2, 0) is 25.6 Å². The summed E-state index contributed by atoms with van der Waals surface area (Å²) in [6.45, 7) is 13.8. The summed E-state index contributed by atoms with van der Waals surface area (Å²) in [5.41, 5.74) is 2.28. The quantitative estimate of drug-likeness (QED) is 0.208. The van der Waals surface area contributed by atoms with Crippen molar-refractivity contribution in [2.45, 2.75) is 66.7 Å². The monoisotopic (exact) mass is 481 g/mol. The number of carbonyl (C=O) groups is 2. The van der Waals surface area contributed by atoms with Crippen LogP contribution in [0.3, 0.4) is 0 Å². The predicted octanol–water partition coefficient (Wildman–Crippen LogP) is 5.64. The number of allylic oxidation sites excluding steroid dienone is 2. The molecule has 0 aromatic heterocycles. The molecule has 5 nitrogen and oxygen atoms in total. The summed E-state index contributed by atoms with van der Waals surface area (Å²) in [4.78, 5) is 26.1. The van der Waals surface area contributed by atoms with E-state index in [-0.39, 0.29) is 0 Å². The van der Waals surface area contributed by atoms with E-state index in [1.807, 2.05) is 83.8 Å². The zero-order chi connectivity index (χ0) is 23.5. The third-order valence-electron chi connectivity index (χ3n) is 4.14. The van der Waals surface area contributed by atoms with Crippen LogP contribution < -0.4 is 0 Å². The molecule has 0 amide bonds. The number of esters is 1. The zero-order valence-electron chi connectivity index (χ0n) is 19.7. The van der Waals surface area contributed by atoms with Crippen LogP contribution in [0, 0.1) is 0 Å². The number of methoxy groups -OCH3 is 1. The van der Waals surface area contributed by atoms with Gasteiger partial charge in [-0.1, -0.05) is 44.2 Å². The molecule has 0 fully saturated rings. The molecule has 0 bridgehead atoms. The summed E-state index contributed by atoms with van der Waals surface area (Å²) in [6, 6.07) is 10.0. The largest absolute Gasteiger partial charge is 0.467 e. The standard InChI is InChI=1S/C22H30BrNO4.C2H6/c1-15(14-25)18(20(21(26)27-7)28-22(3,4)5)19(23)16(2)24(6)13-17-11-9-8-10-12-17;1-2/h8-12,14,20H,13H2,1-7H3;1-2H3/b18-15+,19-16+;. The lowest BCUT2D eigenvalue weighted by Crippen LogP contribution is -2.36. The Morgan fingerprint density at radius 3 is 2.13 bits per heavy atom. The number of aldehydes is 1. The van der Waals surface area contributed by atoms with Gasteiger partial charge < -0.3 is 14.4 Å². The maximum absolute atomic E-state index is 12.5. The Morgan fingerprint density at radius 2 is 1.70 bits per heavy atom. The Hall–Kier alpha value is -1.92. The van der Waals surface area contributed by atoms with Crippen molar-refractivity contribution in [1.29, 1.82) is 0 Å². The van der Waals surface area contributed by atoms with Crippen LogP contribution in [0.25, 0.3) is 0 Å². The van der Waals surface area contributed by atoms with Crippen molar-refractivity contribution in [3.63, 3.8) is 0 Å². The first-order valence-electron chi connectivity index (χ1n) is 10.0. The van der Waals surface area contributed by atoms with Gasteiger partial charge in [-0.15, -0.1) is 0 Å². The number of hydrogen-bond acceptors (Lipinski definition) is 5. The molecule has 0 aliphatic rings. The van der Waals surface area contributed by atoms with Crippen molar-refractivity contribution < 1.29 is 19.1 Å². The van der Waals surface area contributed by atoms with E-state index in [1.54, 1.807) is 6.92 Å². The SMILES string of the molecule is CC.COC(=O)C(OC(C)(C)C)C(=C(\C)C=O)/C(Br)=C(/C)N(C)Cc1ccccc1. The maximum Gasteiger partial charge on any atom is 0.339 e. The molecule has 0 aliphatic carbocycles. The molecule has 0 saturated heterocycles. The molecular weight excluding hydrogens is 446 g/mol. The molecule has 6 heteroatoms. The smallest absolute Gasteiger partial charge is 0.339 e. The lowest BCUT2D eigenvalue weighted by molar-refractivity contribution is -0.159. The van der Waals surface area contributed by atoms with Crippen molar-refractivity contribution in [2.24, 2.45) is 0 Å². The van der Waals surface area contributed by atoms with E-state index >= 15 is 0 Å². The van der Waals surface area contributed by atoms with Gasteiger partial charge in [0.2, 0.25) is 0 Å². The van der Waals surface area contributed by atoms with Gasteiger partial charge in [0.1, 0.15) is 6.29 Å². The van der Waals surface area contributed by atoms with E-state index in [0.29, 0.717) is 22.2 Å². The summed E-state index contributed by atoms with van der Waals surface area (Å²) >= 11 is 3.60. The Morgan fingerprint density at radius 1 is 1.17 bits per heavy atom. The van der Waals surface area contributed by atoms with Crippen molar-refractivity contribution in [3.05, 3.63) is 57.2 Å². The zero-order valence-corrected chi connectivity index (χ0v) is 21.3. The van der Waals surface area contributed by atoms with Crippen LogP contribution in [0.2, 0.25) is 0 Å². The topological polar surface area (TPSA) is 55.8 Å². The van der Waals surface area contributed by atoms with Crippen molar-refractivity contribution in [2.75, 3.05) is 14.2 Å². The first kappa shape index (κ1) is 28.1. The Kier molecular flexibility index (Phi) is 12.5. The van der Waals surface area contributed by atoms with Crippen LogP contribution >= 0.6 is 15.9 Å². The fourth-order valence-corrected chi connectivity index (χ4v) is 3.41. The molecule has 0 spiro atoms. The minimum atomic E-state index is -1.02. The minimum Gasteiger partial charge on any atom is -0.467 e. The highest BCUT2D eigenvalue weighted by Crippen LogP contribution is 2.32. The molecule has 0 heterocycles. The van der Waals surface area contributed by atoms with E-state index in [0.717, 1.165) is 17.5 Å². The molecule has 1 rings (SSSR count). The molecule has 168 valence electrons. The molecular formula is C24H36BrNO4. The Balaban J connectivity index is 0.00000407. The van der Waals surface area contributed by atoms with Gasteiger partial charge in [0.15, 0.2) is 6.10 Å². The van der Waals surface area contributed by atoms with Crippen LogP contribution in [0.5, 0.6) is 0 Å². The second-order valence-corrected chi connectivity index (χ2v) is 8.38. The number of carbonyl (C=O) groups excluding carboxylic acids is 2. The van der Waals surface area contributed by atoms with Gasteiger partial charge in [0.05, 0.1) is 12.7 Å². The van der Waals surface area contributed by atoms with Crippen molar-refractivity contribution in [1.82, 2.24) is 4.90 Å². The molecule has 30 heavy (non-hydrogen) atoms. The van der Waals surface area contributed by atoms with Crippen LogP contribution in [0.15, 0.2) is 51.7 Å². The summed E-state index contributed by atoms with van der Waals surface area (Å²) in [6.07, 6.45) is -0.298.